The summed E-state index contributed by atoms with van der Waals surface area (Å²) < 4.78 is 0. The van der Waals surface area contributed by atoms with Crippen LogP contribution in [0.25, 0.3) is 0 Å². The van der Waals surface area contributed by atoms with Gasteiger partial charge in [0.15, 0.2) is 0 Å². The fraction of sp³-hybridized carbons (Fsp3) is 0.905. The number of allylic oxidation sites excluding steroid dienone is 1. The molecule has 0 bridgehead atoms. The molecular formula is C21H38N2O. The molecule has 2 fully saturated rings. The summed E-state index contributed by atoms with van der Waals surface area (Å²) in [4.78, 5) is 11.0. The van der Waals surface area contributed by atoms with Crippen LogP contribution in [0, 0.1) is 33.5 Å². The van der Waals surface area contributed by atoms with E-state index in [9.17, 15) is 4.91 Å². The van der Waals surface area contributed by atoms with Crippen molar-refractivity contribution in [2.75, 3.05) is 6.54 Å². The van der Waals surface area contributed by atoms with E-state index in [4.69, 9.17) is 5.73 Å². The average Bonchev–Trinajstić information content (AvgIpc) is 2.58. The fourth-order valence-electron chi connectivity index (χ4n) is 6.02. The second kappa shape index (κ2) is 7.68. The maximum Gasteiger partial charge on any atom is 0.0957 e. The Morgan fingerprint density at radius 1 is 1.21 bits per heavy atom. The summed E-state index contributed by atoms with van der Waals surface area (Å²) in [5.74, 6) is 2.30. The van der Waals surface area contributed by atoms with Crippen molar-refractivity contribution in [1.29, 1.82) is 0 Å². The lowest BCUT2D eigenvalue weighted by Crippen LogP contribution is -2.50. The SMILES string of the molecule is CC.CC1(C)CCC2C(CC=C3CC(N=O)CCC32C)C1CCN. The Labute approximate surface area is 148 Å². The Hall–Kier alpha value is -0.700. The van der Waals surface area contributed by atoms with Gasteiger partial charge in [-0.05, 0) is 80.1 Å². The van der Waals surface area contributed by atoms with E-state index in [0.29, 0.717) is 10.8 Å². The molecule has 3 aliphatic rings. The standard InChI is InChI=1S/C19H32N2O.C2H6/c1-18(2)9-7-17-15(16(18)8-11-20)5-4-13-12-14(21-22)6-10-19(13,17)3;1-2/h4,14-17H,5-12,20H2,1-3H3;1-2H3. The van der Waals surface area contributed by atoms with Gasteiger partial charge in [0.1, 0.15) is 0 Å². The van der Waals surface area contributed by atoms with Crippen LogP contribution in [0.15, 0.2) is 16.8 Å². The number of rotatable bonds is 3. The van der Waals surface area contributed by atoms with Gasteiger partial charge in [-0.1, -0.05) is 51.4 Å². The van der Waals surface area contributed by atoms with Gasteiger partial charge < -0.3 is 5.73 Å². The fourth-order valence-corrected chi connectivity index (χ4v) is 6.02. The topological polar surface area (TPSA) is 55.5 Å². The quantitative estimate of drug-likeness (QED) is 0.533. The van der Waals surface area contributed by atoms with Crippen molar-refractivity contribution in [2.24, 2.45) is 39.5 Å². The van der Waals surface area contributed by atoms with E-state index in [-0.39, 0.29) is 6.04 Å². The monoisotopic (exact) mass is 334 g/mol. The molecule has 0 radical (unpaired) electrons. The van der Waals surface area contributed by atoms with Gasteiger partial charge in [0.2, 0.25) is 0 Å². The van der Waals surface area contributed by atoms with Gasteiger partial charge in [0, 0.05) is 0 Å². The van der Waals surface area contributed by atoms with E-state index in [1.165, 1.54) is 24.8 Å². The van der Waals surface area contributed by atoms with Gasteiger partial charge >= 0.3 is 0 Å². The van der Waals surface area contributed by atoms with E-state index >= 15 is 0 Å². The first-order valence-corrected chi connectivity index (χ1v) is 10.1. The van der Waals surface area contributed by atoms with Crippen LogP contribution < -0.4 is 5.73 Å². The molecule has 0 saturated heterocycles. The normalized spacial score (nSPS) is 40.3. The molecule has 5 unspecified atom stereocenters. The Morgan fingerprint density at radius 2 is 1.92 bits per heavy atom. The van der Waals surface area contributed by atoms with Crippen LogP contribution in [0.5, 0.6) is 0 Å². The Bertz CT molecular complexity index is 470. The Morgan fingerprint density at radius 3 is 2.54 bits per heavy atom. The molecule has 2 saturated carbocycles. The van der Waals surface area contributed by atoms with E-state index < -0.39 is 0 Å². The average molecular weight is 335 g/mol. The number of hydrogen-bond acceptors (Lipinski definition) is 3. The van der Waals surface area contributed by atoms with Gasteiger partial charge in [-0.25, -0.2) is 0 Å². The smallest absolute Gasteiger partial charge is 0.0957 e. The second-order valence-corrected chi connectivity index (χ2v) is 8.87. The molecule has 5 atom stereocenters. The van der Waals surface area contributed by atoms with Gasteiger partial charge in [-0.15, -0.1) is 0 Å². The molecule has 0 aromatic rings. The lowest BCUT2D eigenvalue weighted by atomic mass is 9.47. The summed E-state index contributed by atoms with van der Waals surface area (Å²) in [7, 11) is 0. The van der Waals surface area contributed by atoms with Crippen molar-refractivity contribution in [2.45, 2.75) is 85.6 Å². The molecule has 138 valence electrons. The number of fused-ring (bicyclic) bond motifs is 3. The third-order valence-corrected chi connectivity index (χ3v) is 7.40. The molecule has 3 heteroatoms. The van der Waals surface area contributed by atoms with Gasteiger partial charge in [0.05, 0.1) is 6.04 Å². The molecule has 3 aliphatic carbocycles. The highest BCUT2D eigenvalue weighted by atomic mass is 16.3. The summed E-state index contributed by atoms with van der Waals surface area (Å²) >= 11 is 0. The summed E-state index contributed by atoms with van der Waals surface area (Å²) in [5, 5.41) is 3.33. The van der Waals surface area contributed by atoms with Crippen LogP contribution >= 0.6 is 0 Å². The number of nitrogens with two attached hydrogens (primary N) is 1. The highest BCUT2D eigenvalue weighted by Crippen LogP contribution is 2.61. The molecule has 0 aromatic carbocycles. The predicted molar refractivity (Wildman–Crippen MR) is 103 cm³/mol. The minimum Gasteiger partial charge on any atom is -0.330 e. The van der Waals surface area contributed by atoms with Crippen LogP contribution in [-0.4, -0.2) is 12.6 Å². The van der Waals surface area contributed by atoms with Crippen molar-refractivity contribution in [3.05, 3.63) is 16.6 Å². The molecule has 0 spiro atoms. The van der Waals surface area contributed by atoms with Gasteiger partial charge in [-0.3, -0.25) is 0 Å². The zero-order chi connectivity index (χ0) is 18.0. The minimum absolute atomic E-state index is 0.0238. The first kappa shape index (κ1) is 19.6. The summed E-state index contributed by atoms with van der Waals surface area (Å²) in [6.45, 7) is 12.2. The van der Waals surface area contributed by atoms with E-state index in [1.54, 1.807) is 0 Å². The van der Waals surface area contributed by atoms with Crippen molar-refractivity contribution in [1.82, 2.24) is 0 Å². The number of hydrogen-bond donors (Lipinski definition) is 1. The molecule has 0 aliphatic heterocycles. The molecular weight excluding hydrogens is 296 g/mol. The van der Waals surface area contributed by atoms with Crippen LogP contribution in [0.4, 0.5) is 0 Å². The van der Waals surface area contributed by atoms with E-state index in [0.717, 1.165) is 50.0 Å². The van der Waals surface area contributed by atoms with Crippen LogP contribution in [0.2, 0.25) is 0 Å². The summed E-state index contributed by atoms with van der Waals surface area (Å²) in [6, 6.07) is 0.0238. The zero-order valence-electron chi connectivity index (χ0n) is 16.5. The van der Waals surface area contributed by atoms with E-state index in [2.05, 4.69) is 32.0 Å². The predicted octanol–water partition coefficient (Wildman–Crippen LogP) is 5.69. The second-order valence-electron chi connectivity index (χ2n) is 8.87. The lowest BCUT2D eigenvalue weighted by Gasteiger charge is -2.58. The third-order valence-electron chi connectivity index (χ3n) is 7.40. The number of nitroso groups, excluding NO2 is 1. The van der Waals surface area contributed by atoms with Crippen LogP contribution in [0.1, 0.15) is 79.6 Å². The first-order chi connectivity index (χ1) is 11.4. The molecule has 24 heavy (non-hydrogen) atoms. The van der Waals surface area contributed by atoms with E-state index in [1.807, 2.05) is 13.8 Å². The third kappa shape index (κ3) is 3.34. The maximum atomic E-state index is 11.0. The van der Waals surface area contributed by atoms with Crippen LogP contribution in [0.3, 0.4) is 0 Å². The molecule has 3 nitrogen and oxygen atoms in total. The molecule has 2 N–H and O–H groups in total. The van der Waals surface area contributed by atoms with Crippen molar-refractivity contribution in [3.8, 4) is 0 Å². The summed E-state index contributed by atoms with van der Waals surface area (Å²) in [6.07, 6.45) is 10.5. The highest BCUT2D eigenvalue weighted by molar-refractivity contribution is 5.25. The van der Waals surface area contributed by atoms with Crippen molar-refractivity contribution in [3.63, 3.8) is 0 Å². The first-order valence-electron chi connectivity index (χ1n) is 10.1. The minimum atomic E-state index is 0.0238. The Balaban J connectivity index is 0.00000100. The van der Waals surface area contributed by atoms with Crippen molar-refractivity contribution < 1.29 is 0 Å². The molecule has 0 aromatic heterocycles. The molecule has 3 rings (SSSR count). The summed E-state index contributed by atoms with van der Waals surface area (Å²) in [5.41, 5.74) is 8.21. The zero-order valence-corrected chi connectivity index (χ0v) is 16.5. The van der Waals surface area contributed by atoms with Crippen molar-refractivity contribution >= 4 is 0 Å². The Kier molecular flexibility index (Phi) is 6.28. The van der Waals surface area contributed by atoms with Gasteiger partial charge in [0.25, 0.3) is 0 Å². The van der Waals surface area contributed by atoms with Crippen LogP contribution in [-0.2, 0) is 0 Å². The van der Waals surface area contributed by atoms with Gasteiger partial charge in [-0.2, -0.15) is 4.91 Å². The number of nitrogens with zero attached hydrogens (tertiary/aromatic N) is 1. The molecule has 0 heterocycles. The lowest BCUT2D eigenvalue weighted by molar-refractivity contribution is -0.0366. The maximum absolute atomic E-state index is 11.0. The molecule has 0 amide bonds. The largest absolute Gasteiger partial charge is 0.330 e. The highest BCUT2D eigenvalue weighted by Gasteiger charge is 2.53.